The van der Waals surface area contributed by atoms with Gasteiger partial charge in [-0.15, -0.1) is 0 Å². The second kappa shape index (κ2) is 10.0. The highest BCUT2D eigenvalue weighted by Gasteiger charge is 2.16. The number of esters is 2. The van der Waals surface area contributed by atoms with Gasteiger partial charge in [-0.05, 0) is 66.4 Å². The number of hydrogen-bond donors (Lipinski definition) is 0. The normalized spacial score (nSPS) is 10.5. The van der Waals surface area contributed by atoms with Crippen LogP contribution in [0.4, 0.5) is 0 Å². The molecule has 0 N–H and O–H groups in total. The van der Waals surface area contributed by atoms with E-state index in [9.17, 15) is 14.9 Å². The second-order valence-electron chi connectivity index (χ2n) is 6.70. The predicted octanol–water partition coefficient (Wildman–Crippen LogP) is 5.33. The summed E-state index contributed by atoms with van der Waals surface area (Å²) in [5, 5.41) is 9.23. The molecule has 0 aliphatic carbocycles. The molecule has 154 valence electrons. The summed E-state index contributed by atoms with van der Waals surface area (Å²) in [6, 6.07) is 21.5. The van der Waals surface area contributed by atoms with Crippen LogP contribution in [0.5, 0.6) is 5.75 Å². The average molecular weight is 411 g/mol. The molecule has 0 atom stereocenters. The highest BCUT2D eigenvalue weighted by molar-refractivity contribution is 5.99. The third-order valence-electron chi connectivity index (χ3n) is 4.63. The third-order valence-corrected chi connectivity index (χ3v) is 4.63. The maximum atomic E-state index is 12.9. The van der Waals surface area contributed by atoms with E-state index in [1.807, 2.05) is 43.3 Å². The molecule has 0 aliphatic rings. The number of carbonyl (C=O) groups excluding carboxylic acids is 2. The number of nitriles is 1. The Labute approximate surface area is 181 Å². The molecule has 0 bridgehead atoms. The average Bonchev–Trinajstić information content (AvgIpc) is 2.79. The van der Waals surface area contributed by atoms with Crippen LogP contribution in [-0.4, -0.2) is 18.5 Å². The second-order valence-corrected chi connectivity index (χ2v) is 6.70. The largest absolute Gasteiger partial charge is 0.463 e. The van der Waals surface area contributed by atoms with Crippen molar-refractivity contribution in [2.24, 2.45) is 0 Å². The van der Waals surface area contributed by atoms with Crippen molar-refractivity contribution in [3.8, 4) is 22.9 Å². The molecule has 0 saturated carbocycles. The SMILES string of the molecule is CCOC(=O)/C=C/c1cc(-c2ccccc2C(=O)Oc2ccccc2C#N)ccc1C. The maximum Gasteiger partial charge on any atom is 0.344 e. The first-order chi connectivity index (χ1) is 15.0. The molecule has 3 aromatic carbocycles. The highest BCUT2D eigenvalue weighted by Crippen LogP contribution is 2.28. The van der Waals surface area contributed by atoms with Gasteiger partial charge in [-0.25, -0.2) is 9.59 Å². The first kappa shape index (κ1) is 21.5. The number of hydrogen-bond acceptors (Lipinski definition) is 5. The van der Waals surface area contributed by atoms with Gasteiger partial charge in [0, 0.05) is 6.08 Å². The van der Waals surface area contributed by atoms with Gasteiger partial charge in [-0.1, -0.05) is 42.5 Å². The van der Waals surface area contributed by atoms with E-state index in [-0.39, 0.29) is 11.3 Å². The number of rotatable bonds is 6. The van der Waals surface area contributed by atoms with Gasteiger partial charge >= 0.3 is 11.9 Å². The molecule has 5 nitrogen and oxygen atoms in total. The van der Waals surface area contributed by atoms with E-state index in [1.165, 1.54) is 6.08 Å². The number of para-hydroxylation sites is 1. The van der Waals surface area contributed by atoms with Crippen molar-refractivity contribution in [1.29, 1.82) is 5.26 Å². The molecule has 0 fully saturated rings. The lowest BCUT2D eigenvalue weighted by molar-refractivity contribution is -0.137. The summed E-state index contributed by atoms with van der Waals surface area (Å²) in [6.45, 7) is 4.00. The fourth-order valence-electron chi connectivity index (χ4n) is 3.05. The van der Waals surface area contributed by atoms with Crippen molar-refractivity contribution in [2.45, 2.75) is 13.8 Å². The van der Waals surface area contributed by atoms with Crippen LogP contribution in [-0.2, 0) is 9.53 Å². The first-order valence-corrected chi connectivity index (χ1v) is 9.79. The molecular weight excluding hydrogens is 390 g/mol. The summed E-state index contributed by atoms with van der Waals surface area (Å²) in [5.74, 6) is -0.748. The molecule has 5 heteroatoms. The molecule has 0 radical (unpaired) electrons. The lowest BCUT2D eigenvalue weighted by Crippen LogP contribution is -2.11. The van der Waals surface area contributed by atoms with E-state index in [0.717, 1.165) is 16.7 Å². The van der Waals surface area contributed by atoms with Crippen LogP contribution >= 0.6 is 0 Å². The van der Waals surface area contributed by atoms with Crippen LogP contribution in [0.1, 0.15) is 34.0 Å². The summed E-state index contributed by atoms with van der Waals surface area (Å²) >= 11 is 0. The Balaban J connectivity index is 1.95. The van der Waals surface area contributed by atoms with Crippen LogP contribution in [0.3, 0.4) is 0 Å². The Morgan fingerprint density at radius 1 is 1.03 bits per heavy atom. The Morgan fingerprint density at radius 3 is 2.55 bits per heavy atom. The zero-order valence-corrected chi connectivity index (χ0v) is 17.3. The Morgan fingerprint density at radius 2 is 1.77 bits per heavy atom. The minimum atomic E-state index is -0.553. The van der Waals surface area contributed by atoms with E-state index < -0.39 is 11.9 Å². The van der Waals surface area contributed by atoms with Gasteiger partial charge < -0.3 is 9.47 Å². The number of ether oxygens (including phenoxy) is 2. The lowest BCUT2D eigenvalue weighted by Gasteiger charge is -2.12. The van der Waals surface area contributed by atoms with E-state index in [4.69, 9.17) is 9.47 Å². The molecule has 0 aliphatic heterocycles. The van der Waals surface area contributed by atoms with Gasteiger partial charge in [-0.3, -0.25) is 0 Å². The van der Waals surface area contributed by atoms with Crippen molar-refractivity contribution < 1.29 is 19.1 Å². The fraction of sp³-hybridized carbons (Fsp3) is 0.115. The van der Waals surface area contributed by atoms with E-state index in [1.54, 1.807) is 49.4 Å². The third kappa shape index (κ3) is 5.26. The topological polar surface area (TPSA) is 76.4 Å². The molecule has 3 aromatic rings. The molecule has 0 spiro atoms. The van der Waals surface area contributed by atoms with Crippen molar-refractivity contribution in [3.63, 3.8) is 0 Å². The lowest BCUT2D eigenvalue weighted by atomic mass is 9.96. The fourth-order valence-corrected chi connectivity index (χ4v) is 3.05. The zero-order chi connectivity index (χ0) is 22.2. The number of benzene rings is 3. The van der Waals surface area contributed by atoms with Crippen molar-refractivity contribution >= 4 is 18.0 Å². The summed E-state index contributed by atoms with van der Waals surface area (Å²) in [7, 11) is 0. The van der Waals surface area contributed by atoms with Gasteiger partial charge in [-0.2, -0.15) is 5.26 Å². The smallest absolute Gasteiger partial charge is 0.344 e. The number of nitrogens with zero attached hydrogens (tertiary/aromatic N) is 1. The standard InChI is InChI=1S/C26H21NO4/c1-3-30-25(28)15-14-19-16-20(13-12-18(19)2)22-9-5-6-10-23(22)26(29)31-24-11-7-4-8-21(24)17-27/h4-16H,3H2,1-2H3/b15-14+. The first-order valence-electron chi connectivity index (χ1n) is 9.79. The number of aryl methyl sites for hydroxylation is 1. The Hall–Kier alpha value is -4.17. The molecular formula is C26H21NO4. The number of carbonyl (C=O) groups is 2. The predicted molar refractivity (Wildman–Crippen MR) is 118 cm³/mol. The molecule has 3 rings (SSSR count). The zero-order valence-electron chi connectivity index (χ0n) is 17.3. The summed E-state index contributed by atoms with van der Waals surface area (Å²) in [4.78, 5) is 24.6. The van der Waals surface area contributed by atoms with Gasteiger partial charge in [0.05, 0.1) is 17.7 Å². The van der Waals surface area contributed by atoms with Crippen LogP contribution in [0, 0.1) is 18.3 Å². The van der Waals surface area contributed by atoms with Crippen molar-refractivity contribution in [3.05, 3.63) is 95.1 Å². The van der Waals surface area contributed by atoms with Crippen molar-refractivity contribution in [2.75, 3.05) is 6.61 Å². The summed E-state index contributed by atoms with van der Waals surface area (Å²) < 4.78 is 10.4. The van der Waals surface area contributed by atoms with Gasteiger partial charge in [0.15, 0.2) is 0 Å². The van der Waals surface area contributed by atoms with Crippen LogP contribution < -0.4 is 4.74 Å². The molecule has 31 heavy (non-hydrogen) atoms. The van der Waals surface area contributed by atoms with Crippen LogP contribution in [0.15, 0.2) is 72.8 Å². The quantitative estimate of drug-likeness (QED) is 0.311. The van der Waals surface area contributed by atoms with Crippen LogP contribution in [0.25, 0.3) is 17.2 Å². The van der Waals surface area contributed by atoms with Crippen LogP contribution in [0.2, 0.25) is 0 Å². The summed E-state index contributed by atoms with van der Waals surface area (Å²) in [6.07, 6.45) is 3.08. The molecule has 0 aromatic heterocycles. The van der Waals surface area contributed by atoms with Crippen molar-refractivity contribution in [1.82, 2.24) is 0 Å². The minimum absolute atomic E-state index is 0.215. The highest BCUT2D eigenvalue weighted by atomic mass is 16.5. The molecule has 0 amide bonds. The van der Waals surface area contributed by atoms with E-state index >= 15 is 0 Å². The van der Waals surface area contributed by atoms with E-state index in [2.05, 4.69) is 0 Å². The van der Waals surface area contributed by atoms with Gasteiger partial charge in [0.1, 0.15) is 11.8 Å². The van der Waals surface area contributed by atoms with Gasteiger partial charge in [0.2, 0.25) is 0 Å². The molecule has 0 unspecified atom stereocenters. The summed E-state index contributed by atoms with van der Waals surface area (Å²) in [5.41, 5.74) is 3.97. The monoisotopic (exact) mass is 411 g/mol. The Kier molecular flexibility index (Phi) is 6.97. The Bertz CT molecular complexity index is 1190. The molecule has 0 heterocycles. The minimum Gasteiger partial charge on any atom is -0.463 e. The maximum absolute atomic E-state index is 12.9. The van der Waals surface area contributed by atoms with E-state index in [0.29, 0.717) is 17.7 Å². The van der Waals surface area contributed by atoms with Gasteiger partial charge in [0.25, 0.3) is 0 Å². The molecule has 0 saturated heterocycles.